The summed E-state index contributed by atoms with van der Waals surface area (Å²) in [5, 5.41) is 2.55. The lowest BCUT2D eigenvalue weighted by atomic mass is 10.0. The van der Waals surface area contributed by atoms with Crippen molar-refractivity contribution >= 4 is 45.2 Å². The van der Waals surface area contributed by atoms with E-state index in [2.05, 4.69) is 47.0 Å². The molecule has 2 heterocycles. The zero-order valence-electron chi connectivity index (χ0n) is 19.8. The average molecular weight is 497 g/mol. The van der Waals surface area contributed by atoms with E-state index in [1.807, 2.05) is 30.3 Å². The van der Waals surface area contributed by atoms with Gasteiger partial charge in [-0.2, -0.15) is 0 Å². The van der Waals surface area contributed by atoms with E-state index in [0.717, 1.165) is 38.8 Å². The Bertz CT molecular complexity index is 1590. The molecule has 2 amide bonds. The number of benzene rings is 3. The molecule has 0 aliphatic heterocycles. The summed E-state index contributed by atoms with van der Waals surface area (Å²) in [5.41, 5.74) is 11.3. The van der Waals surface area contributed by atoms with Crippen molar-refractivity contribution in [2.75, 3.05) is 0 Å². The Hall–Kier alpha value is -4.16. The second-order valence-corrected chi connectivity index (χ2v) is 9.16. The molecule has 5 rings (SSSR count). The van der Waals surface area contributed by atoms with Gasteiger partial charge in [0, 0.05) is 22.7 Å². The Balaban J connectivity index is 1.31. The van der Waals surface area contributed by atoms with Crippen LogP contribution in [0.4, 0.5) is 0 Å². The van der Waals surface area contributed by atoms with E-state index < -0.39 is 5.91 Å². The number of aromatic nitrogens is 2. The summed E-state index contributed by atoms with van der Waals surface area (Å²) in [7, 11) is 0. The fourth-order valence-corrected chi connectivity index (χ4v) is 4.59. The zero-order chi connectivity index (χ0) is 25.1. The maximum atomic E-state index is 12.4. The molecule has 0 atom stereocenters. The number of aromatic amines is 1. The van der Waals surface area contributed by atoms with Gasteiger partial charge in [-0.15, -0.1) is 0 Å². The molecule has 0 aliphatic carbocycles. The van der Waals surface area contributed by atoms with E-state index in [1.165, 1.54) is 5.56 Å². The lowest BCUT2D eigenvalue weighted by Gasteiger charge is -2.09. The van der Waals surface area contributed by atoms with Crippen LogP contribution >= 0.6 is 11.6 Å². The van der Waals surface area contributed by atoms with Gasteiger partial charge in [-0.1, -0.05) is 59.6 Å². The number of H-pyrrole nitrogens is 1. The first-order chi connectivity index (χ1) is 17.5. The van der Waals surface area contributed by atoms with Gasteiger partial charge in [0.2, 0.25) is 5.91 Å². The van der Waals surface area contributed by atoms with E-state index >= 15 is 0 Å². The number of pyridine rings is 1. The largest absolute Gasteiger partial charge is 0.353 e. The van der Waals surface area contributed by atoms with Crippen LogP contribution in [0.25, 0.3) is 33.2 Å². The molecule has 0 saturated carbocycles. The summed E-state index contributed by atoms with van der Waals surface area (Å²) in [6.07, 6.45) is 1.54. The fraction of sp³-hybridized carbons (Fsp3) is 0.138. The van der Waals surface area contributed by atoms with Crippen LogP contribution in [0.15, 0.2) is 78.9 Å². The number of hydrazine groups is 1. The van der Waals surface area contributed by atoms with Crippen LogP contribution in [-0.2, 0) is 11.2 Å². The number of carbonyl (C=O) groups is 2. The lowest BCUT2D eigenvalue weighted by Crippen LogP contribution is -2.41. The Labute approximate surface area is 213 Å². The van der Waals surface area contributed by atoms with Crippen LogP contribution in [0.3, 0.4) is 0 Å². The molecule has 3 N–H and O–H groups in total. The SMILES string of the molecule is Cc1ccc2[nH]c(-c3ccc4ccccc4n3)c(CCCC(=O)NNC(=O)c3ccccc3Cl)c2c1. The molecule has 0 radical (unpaired) electrons. The normalized spacial score (nSPS) is 11.1. The number of hydrogen-bond donors (Lipinski definition) is 3. The summed E-state index contributed by atoms with van der Waals surface area (Å²) < 4.78 is 0. The maximum Gasteiger partial charge on any atom is 0.271 e. The third-order valence-corrected chi connectivity index (χ3v) is 6.51. The van der Waals surface area contributed by atoms with Gasteiger partial charge in [0.1, 0.15) is 0 Å². The van der Waals surface area contributed by atoms with Gasteiger partial charge in [-0.05, 0) is 61.7 Å². The van der Waals surface area contributed by atoms with Crippen molar-refractivity contribution in [2.24, 2.45) is 0 Å². The van der Waals surface area contributed by atoms with E-state index in [0.29, 0.717) is 23.4 Å². The summed E-state index contributed by atoms with van der Waals surface area (Å²) in [4.78, 5) is 33.1. The number of rotatable bonds is 6. The summed E-state index contributed by atoms with van der Waals surface area (Å²) in [5.74, 6) is -0.720. The molecule has 0 saturated heterocycles. The van der Waals surface area contributed by atoms with Gasteiger partial charge in [0.25, 0.3) is 5.91 Å². The number of fused-ring (bicyclic) bond motifs is 2. The van der Waals surface area contributed by atoms with Crippen molar-refractivity contribution in [2.45, 2.75) is 26.2 Å². The molecule has 0 aliphatic rings. The highest BCUT2D eigenvalue weighted by molar-refractivity contribution is 6.33. The first kappa shape index (κ1) is 23.6. The van der Waals surface area contributed by atoms with Crippen LogP contribution in [0.2, 0.25) is 5.02 Å². The van der Waals surface area contributed by atoms with Gasteiger partial charge in [0.15, 0.2) is 0 Å². The number of nitrogens with one attached hydrogen (secondary N) is 3. The molecule has 0 bridgehead atoms. The molecular weight excluding hydrogens is 472 g/mol. The third-order valence-electron chi connectivity index (χ3n) is 6.18. The minimum atomic E-state index is -0.453. The van der Waals surface area contributed by atoms with Crippen molar-refractivity contribution < 1.29 is 9.59 Å². The van der Waals surface area contributed by atoms with Crippen LogP contribution in [0, 0.1) is 6.92 Å². The van der Waals surface area contributed by atoms with Crippen molar-refractivity contribution in [1.82, 2.24) is 20.8 Å². The van der Waals surface area contributed by atoms with Crippen LogP contribution < -0.4 is 10.9 Å². The average Bonchev–Trinajstić information content (AvgIpc) is 3.25. The number of para-hydroxylation sites is 1. The molecule has 36 heavy (non-hydrogen) atoms. The highest BCUT2D eigenvalue weighted by Gasteiger charge is 2.16. The van der Waals surface area contributed by atoms with Crippen molar-refractivity contribution in [3.63, 3.8) is 0 Å². The number of halogens is 1. The minimum absolute atomic E-state index is 0.256. The minimum Gasteiger partial charge on any atom is -0.353 e. The molecule has 180 valence electrons. The van der Waals surface area contributed by atoms with E-state index in [1.54, 1.807) is 24.3 Å². The van der Waals surface area contributed by atoms with Gasteiger partial charge < -0.3 is 4.98 Å². The molecule has 0 spiro atoms. The molecule has 0 fully saturated rings. The molecule has 5 aromatic rings. The fourth-order valence-electron chi connectivity index (χ4n) is 4.37. The Kier molecular flexibility index (Phi) is 6.69. The summed E-state index contributed by atoms with van der Waals surface area (Å²) in [6.45, 7) is 2.07. The van der Waals surface area contributed by atoms with E-state index in [4.69, 9.17) is 16.6 Å². The topological polar surface area (TPSA) is 86.9 Å². The molecule has 6 nitrogen and oxygen atoms in total. The van der Waals surface area contributed by atoms with Crippen molar-refractivity contribution in [1.29, 1.82) is 0 Å². The van der Waals surface area contributed by atoms with Crippen molar-refractivity contribution in [3.05, 3.63) is 101 Å². The molecule has 0 unspecified atom stereocenters. The quantitative estimate of drug-likeness (QED) is 0.247. The Morgan fingerprint density at radius 3 is 2.61 bits per heavy atom. The zero-order valence-corrected chi connectivity index (χ0v) is 20.5. The Morgan fingerprint density at radius 2 is 1.75 bits per heavy atom. The standard InChI is InChI=1S/C29H25ClN4O2/c1-18-13-15-25-22(17-18)20(28(32-25)26-16-14-19-7-2-5-11-24(19)31-26)9-6-12-27(35)33-34-29(36)21-8-3-4-10-23(21)30/h2-5,7-8,10-11,13-17,32H,6,9,12H2,1H3,(H,33,35)(H,34,36). The molecular formula is C29H25ClN4O2. The van der Waals surface area contributed by atoms with Crippen molar-refractivity contribution in [3.8, 4) is 11.4 Å². The van der Waals surface area contributed by atoms with Gasteiger partial charge >= 0.3 is 0 Å². The van der Waals surface area contributed by atoms with Gasteiger partial charge in [0.05, 0.1) is 27.5 Å². The number of amides is 2. The van der Waals surface area contributed by atoms with E-state index in [9.17, 15) is 9.59 Å². The second-order valence-electron chi connectivity index (χ2n) is 8.75. The first-order valence-electron chi connectivity index (χ1n) is 11.8. The van der Waals surface area contributed by atoms with E-state index in [-0.39, 0.29) is 12.3 Å². The first-order valence-corrected chi connectivity index (χ1v) is 12.2. The highest BCUT2D eigenvalue weighted by Crippen LogP contribution is 2.32. The molecule has 2 aromatic heterocycles. The highest BCUT2D eigenvalue weighted by atomic mass is 35.5. The monoisotopic (exact) mass is 496 g/mol. The smallest absolute Gasteiger partial charge is 0.271 e. The summed E-state index contributed by atoms with van der Waals surface area (Å²) in [6, 6.07) is 25.2. The van der Waals surface area contributed by atoms with Crippen LogP contribution in [-0.4, -0.2) is 21.8 Å². The third kappa shape index (κ3) is 4.95. The predicted octanol–water partition coefficient (Wildman–Crippen LogP) is 6.13. The molecule has 3 aromatic carbocycles. The van der Waals surface area contributed by atoms with Crippen LogP contribution in [0.5, 0.6) is 0 Å². The number of hydrogen-bond acceptors (Lipinski definition) is 3. The molecule has 7 heteroatoms. The number of carbonyl (C=O) groups excluding carboxylic acids is 2. The number of aryl methyl sites for hydroxylation is 2. The Morgan fingerprint density at radius 1 is 0.944 bits per heavy atom. The summed E-state index contributed by atoms with van der Waals surface area (Å²) >= 11 is 6.05. The van der Waals surface area contributed by atoms with Crippen LogP contribution in [0.1, 0.15) is 34.3 Å². The van der Waals surface area contributed by atoms with Gasteiger partial charge in [-0.25, -0.2) is 4.98 Å². The lowest BCUT2D eigenvalue weighted by molar-refractivity contribution is -0.121. The predicted molar refractivity (Wildman–Crippen MR) is 144 cm³/mol. The maximum absolute atomic E-state index is 12.4. The second kappa shape index (κ2) is 10.2. The number of nitrogens with zero attached hydrogens (tertiary/aromatic N) is 1. The van der Waals surface area contributed by atoms with Gasteiger partial charge in [-0.3, -0.25) is 20.4 Å².